The Morgan fingerprint density at radius 2 is 1.88 bits per heavy atom. The quantitative estimate of drug-likeness (QED) is 0.713. The molecule has 0 saturated carbocycles. The molecule has 0 aromatic carbocycles. The van der Waals surface area contributed by atoms with Gasteiger partial charge in [-0.05, 0) is 33.2 Å². The predicted molar refractivity (Wildman–Crippen MR) is 64.8 cm³/mol. The topological polar surface area (TPSA) is 89.3 Å². The van der Waals surface area contributed by atoms with Crippen LogP contribution in [-0.4, -0.2) is 37.9 Å². The van der Waals surface area contributed by atoms with Gasteiger partial charge in [0.1, 0.15) is 5.75 Å². The van der Waals surface area contributed by atoms with Crippen molar-refractivity contribution in [1.29, 1.82) is 0 Å². The fourth-order valence-corrected chi connectivity index (χ4v) is 2.81. The number of sulfone groups is 1. The molecule has 0 heterocycles. The van der Waals surface area contributed by atoms with Crippen molar-refractivity contribution in [2.45, 2.75) is 33.2 Å². The van der Waals surface area contributed by atoms with E-state index < -0.39 is 27.0 Å². The Balaban J connectivity index is 4.33. The highest BCUT2D eigenvalue weighted by molar-refractivity contribution is 7.92. The summed E-state index contributed by atoms with van der Waals surface area (Å²) in [5.41, 5.74) is 4.94. The van der Waals surface area contributed by atoms with Gasteiger partial charge in [0.25, 0.3) is 0 Å². The van der Waals surface area contributed by atoms with E-state index in [1.165, 1.54) is 0 Å². The molecular weight excluding hydrogens is 228 g/mol. The lowest BCUT2D eigenvalue weighted by molar-refractivity contribution is -0.120. The van der Waals surface area contributed by atoms with E-state index in [1.54, 1.807) is 27.7 Å². The molecule has 0 bridgehead atoms. The minimum absolute atomic E-state index is 0.0406. The summed E-state index contributed by atoms with van der Waals surface area (Å²) < 4.78 is 23.2. The third-order valence-corrected chi connectivity index (χ3v) is 3.59. The van der Waals surface area contributed by atoms with Crippen LogP contribution in [-0.2, 0) is 14.6 Å². The summed E-state index contributed by atoms with van der Waals surface area (Å²) in [7, 11) is -3.36. The first-order chi connectivity index (χ1) is 7.06. The third kappa shape index (κ3) is 7.64. The van der Waals surface area contributed by atoms with Crippen LogP contribution >= 0.6 is 0 Å². The van der Waals surface area contributed by atoms with Gasteiger partial charge in [-0.3, -0.25) is 4.79 Å². The lowest BCUT2D eigenvalue weighted by atomic mass is 10.1. The maximum absolute atomic E-state index is 11.6. The smallest absolute Gasteiger partial charge is 0.235 e. The fraction of sp³-hybridized carbons (Fsp3) is 0.900. The number of amides is 1. The van der Waals surface area contributed by atoms with Gasteiger partial charge in [0.2, 0.25) is 5.91 Å². The largest absolute Gasteiger partial charge is 0.351 e. The Labute approximate surface area is 97.7 Å². The van der Waals surface area contributed by atoms with Gasteiger partial charge in [-0.15, -0.1) is 0 Å². The normalized spacial score (nSPS) is 14.6. The zero-order valence-corrected chi connectivity index (χ0v) is 11.2. The van der Waals surface area contributed by atoms with Crippen molar-refractivity contribution < 1.29 is 13.2 Å². The molecule has 6 heteroatoms. The molecule has 0 aromatic rings. The van der Waals surface area contributed by atoms with Crippen LogP contribution in [0.3, 0.4) is 0 Å². The first-order valence-corrected chi connectivity index (χ1v) is 7.09. The van der Waals surface area contributed by atoms with E-state index in [1.807, 2.05) is 0 Å². The molecule has 5 nitrogen and oxygen atoms in total. The summed E-state index contributed by atoms with van der Waals surface area (Å²) in [6.07, 6.45) is 0. The lowest BCUT2D eigenvalue weighted by Gasteiger charge is -2.20. The summed E-state index contributed by atoms with van der Waals surface area (Å²) in [6, 6.07) is 0. The number of hydrogen-bond donors (Lipinski definition) is 2. The van der Waals surface area contributed by atoms with Crippen molar-refractivity contribution >= 4 is 15.7 Å². The molecule has 0 aliphatic heterocycles. The molecule has 0 fully saturated rings. The SMILES string of the molecule is CC(CN)CS(=O)(=O)CC(=O)NC(C)(C)C. The maximum Gasteiger partial charge on any atom is 0.235 e. The number of rotatable bonds is 5. The highest BCUT2D eigenvalue weighted by Gasteiger charge is 2.22. The number of nitrogens with one attached hydrogen (secondary N) is 1. The molecule has 96 valence electrons. The zero-order chi connectivity index (χ0) is 13.0. The Morgan fingerprint density at radius 1 is 1.38 bits per heavy atom. The van der Waals surface area contributed by atoms with Crippen molar-refractivity contribution in [2.75, 3.05) is 18.1 Å². The summed E-state index contributed by atoms with van der Waals surface area (Å²) in [5.74, 6) is -1.08. The van der Waals surface area contributed by atoms with E-state index in [9.17, 15) is 13.2 Å². The first-order valence-electron chi connectivity index (χ1n) is 5.27. The van der Waals surface area contributed by atoms with Crippen LogP contribution in [0.1, 0.15) is 27.7 Å². The second-order valence-corrected chi connectivity index (χ2v) is 7.30. The maximum atomic E-state index is 11.6. The van der Waals surface area contributed by atoms with Crippen LogP contribution in [0.2, 0.25) is 0 Å². The zero-order valence-electron chi connectivity index (χ0n) is 10.4. The molecule has 1 unspecified atom stereocenters. The van der Waals surface area contributed by atoms with Gasteiger partial charge in [-0.2, -0.15) is 0 Å². The molecule has 0 aliphatic rings. The van der Waals surface area contributed by atoms with Gasteiger partial charge in [0.05, 0.1) is 5.75 Å². The van der Waals surface area contributed by atoms with E-state index in [-0.39, 0.29) is 11.7 Å². The van der Waals surface area contributed by atoms with Crippen LogP contribution in [0.25, 0.3) is 0 Å². The molecule has 3 N–H and O–H groups in total. The third-order valence-electron chi connectivity index (χ3n) is 1.81. The highest BCUT2D eigenvalue weighted by Crippen LogP contribution is 2.03. The fourth-order valence-electron chi connectivity index (χ4n) is 1.21. The summed E-state index contributed by atoms with van der Waals surface area (Å²) in [5, 5.41) is 2.62. The Hall–Kier alpha value is -0.620. The van der Waals surface area contributed by atoms with Gasteiger partial charge in [0, 0.05) is 5.54 Å². The lowest BCUT2D eigenvalue weighted by Crippen LogP contribution is -2.44. The van der Waals surface area contributed by atoms with Crippen molar-refractivity contribution in [1.82, 2.24) is 5.32 Å². The Kier molecular flexibility index (Phi) is 5.41. The molecule has 0 rings (SSSR count). The molecule has 0 aromatic heterocycles. The van der Waals surface area contributed by atoms with Crippen LogP contribution in [0.5, 0.6) is 0 Å². The van der Waals surface area contributed by atoms with Crippen LogP contribution < -0.4 is 11.1 Å². The van der Waals surface area contributed by atoms with Crippen molar-refractivity contribution in [3.8, 4) is 0 Å². The van der Waals surface area contributed by atoms with Gasteiger partial charge in [-0.25, -0.2) is 8.42 Å². The summed E-state index contributed by atoms with van der Waals surface area (Å²) >= 11 is 0. The Bertz CT molecular complexity index is 330. The van der Waals surface area contributed by atoms with Crippen molar-refractivity contribution in [3.05, 3.63) is 0 Å². The second kappa shape index (κ2) is 5.63. The molecule has 0 aliphatic carbocycles. The molecular formula is C10H22N2O3S. The minimum Gasteiger partial charge on any atom is -0.351 e. The first kappa shape index (κ1) is 15.4. The summed E-state index contributed by atoms with van der Waals surface area (Å²) in [4.78, 5) is 11.4. The number of hydrogen-bond acceptors (Lipinski definition) is 4. The average Bonchev–Trinajstić information content (AvgIpc) is 1.97. The standard InChI is InChI=1S/C10H22N2O3S/c1-8(5-11)6-16(14,15)7-9(13)12-10(2,3)4/h8H,5-7,11H2,1-4H3,(H,12,13). The van der Waals surface area contributed by atoms with E-state index in [4.69, 9.17) is 5.73 Å². The van der Waals surface area contributed by atoms with Gasteiger partial charge < -0.3 is 11.1 Å². The van der Waals surface area contributed by atoms with E-state index in [0.29, 0.717) is 6.54 Å². The Morgan fingerprint density at radius 3 is 2.25 bits per heavy atom. The van der Waals surface area contributed by atoms with Crippen molar-refractivity contribution in [3.63, 3.8) is 0 Å². The van der Waals surface area contributed by atoms with Crippen molar-refractivity contribution in [2.24, 2.45) is 11.7 Å². The van der Waals surface area contributed by atoms with E-state index in [0.717, 1.165) is 0 Å². The molecule has 1 atom stereocenters. The van der Waals surface area contributed by atoms with Crippen LogP contribution in [0.4, 0.5) is 0 Å². The molecule has 16 heavy (non-hydrogen) atoms. The minimum atomic E-state index is -3.36. The van der Waals surface area contributed by atoms with Gasteiger partial charge >= 0.3 is 0 Å². The monoisotopic (exact) mass is 250 g/mol. The number of carbonyl (C=O) groups excluding carboxylic acids is 1. The molecule has 0 saturated heterocycles. The predicted octanol–water partition coefficient (Wildman–Crippen LogP) is -0.0893. The summed E-state index contributed by atoms with van der Waals surface area (Å²) in [6.45, 7) is 7.47. The van der Waals surface area contributed by atoms with Gasteiger partial charge in [0.15, 0.2) is 9.84 Å². The molecule has 0 spiro atoms. The number of nitrogens with two attached hydrogens (primary N) is 1. The second-order valence-electron chi connectivity index (χ2n) is 5.19. The van der Waals surface area contributed by atoms with Gasteiger partial charge in [-0.1, -0.05) is 6.92 Å². The number of carbonyl (C=O) groups is 1. The highest BCUT2D eigenvalue weighted by atomic mass is 32.2. The average molecular weight is 250 g/mol. The van der Waals surface area contributed by atoms with E-state index >= 15 is 0 Å². The van der Waals surface area contributed by atoms with Crippen LogP contribution in [0.15, 0.2) is 0 Å². The molecule has 1 amide bonds. The van der Waals surface area contributed by atoms with Crippen LogP contribution in [0, 0.1) is 5.92 Å². The molecule has 0 radical (unpaired) electrons. The van der Waals surface area contributed by atoms with E-state index in [2.05, 4.69) is 5.32 Å².